The number of hydrogen-bond donors (Lipinski definition) is 1. The van der Waals surface area contributed by atoms with E-state index in [1.165, 1.54) is 11.8 Å². The van der Waals surface area contributed by atoms with Gasteiger partial charge in [-0.15, -0.1) is 11.8 Å². The lowest BCUT2D eigenvalue weighted by Gasteiger charge is -2.29. The molecule has 0 aliphatic carbocycles. The van der Waals surface area contributed by atoms with Gasteiger partial charge in [-0.25, -0.2) is 0 Å². The smallest absolute Gasteiger partial charge is 0.234 e. The number of fused-ring (bicyclic) bond motifs is 1. The number of ether oxygens (including phenoxy) is 1. The molecule has 1 aliphatic heterocycles. The van der Waals surface area contributed by atoms with Crippen LogP contribution in [0.3, 0.4) is 0 Å². The highest BCUT2D eigenvalue weighted by atomic mass is 32.2. The second-order valence-electron chi connectivity index (χ2n) is 6.36. The van der Waals surface area contributed by atoms with Gasteiger partial charge in [0, 0.05) is 29.7 Å². The summed E-state index contributed by atoms with van der Waals surface area (Å²) >= 11 is 1.49. The summed E-state index contributed by atoms with van der Waals surface area (Å²) in [7, 11) is 0. The minimum Gasteiger partial charge on any atom is -0.494 e. The number of carbonyl (C=O) groups excluding carboxylic acids is 2. The number of benzene rings is 2. The van der Waals surface area contributed by atoms with E-state index in [9.17, 15) is 9.59 Å². The van der Waals surface area contributed by atoms with Crippen molar-refractivity contribution in [2.45, 2.75) is 31.6 Å². The van der Waals surface area contributed by atoms with Gasteiger partial charge in [0.05, 0.1) is 12.4 Å². The molecule has 0 radical (unpaired) electrons. The monoisotopic (exact) mass is 384 g/mol. The molecular formula is C21H24N2O3S. The summed E-state index contributed by atoms with van der Waals surface area (Å²) in [6.45, 7) is 4.93. The van der Waals surface area contributed by atoms with Gasteiger partial charge in [-0.05, 0) is 67.8 Å². The molecular weight excluding hydrogens is 360 g/mol. The Morgan fingerprint density at radius 1 is 1.19 bits per heavy atom. The summed E-state index contributed by atoms with van der Waals surface area (Å²) in [5.41, 5.74) is 2.83. The molecule has 1 heterocycles. The Balaban J connectivity index is 1.57. The molecule has 142 valence electrons. The van der Waals surface area contributed by atoms with Crippen LogP contribution in [-0.2, 0) is 16.0 Å². The van der Waals surface area contributed by atoms with Crippen molar-refractivity contribution >= 4 is 35.0 Å². The standard InChI is InChI=1S/C21H24N2O3S/c1-3-26-18-7-9-19(10-8-18)27-14-21(25)22-17-6-11-20-16(13-17)5-4-12-23(20)15(2)24/h6-11,13H,3-5,12,14H2,1-2H3,(H,22,25). The topological polar surface area (TPSA) is 58.6 Å². The van der Waals surface area contributed by atoms with Crippen molar-refractivity contribution in [2.24, 2.45) is 0 Å². The van der Waals surface area contributed by atoms with Gasteiger partial charge in [0.15, 0.2) is 0 Å². The van der Waals surface area contributed by atoms with Gasteiger partial charge in [-0.1, -0.05) is 0 Å². The van der Waals surface area contributed by atoms with Crippen molar-refractivity contribution in [1.82, 2.24) is 0 Å². The molecule has 2 aromatic rings. The third-order valence-corrected chi connectivity index (χ3v) is 5.38. The highest BCUT2D eigenvalue weighted by Gasteiger charge is 2.20. The molecule has 0 unspecified atom stereocenters. The molecule has 1 aliphatic rings. The molecule has 6 heteroatoms. The Labute approximate surface area is 164 Å². The lowest BCUT2D eigenvalue weighted by atomic mass is 10.0. The summed E-state index contributed by atoms with van der Waals surface area (Å²) in [5, 5.41) is 2.95. The van der Waals surface area contributed by atoms with E-state index in [1.54, 1.807) is 11.8 Å². The third-order valence-electron chi connectivity index (χ3n) is 4.37. The van der Waals surface area contributed by atoms with E-state index in [1.807, 2.05) is 49.4 Å². The van der Waals surface area contributed by atoms with Crippen LogP contribution in [0.1, 0.15) is 25.8 Å². The van der Waals surface area contributed by atoms with Crippen LogP contribution in [-0.4, -0.2) is 30.7 Å². The Bertz CT molecular complexity index is 821. The molecule has 0 spiro atoms. The summed E-state index contributed by atoms with van der Waals surface area (Å²) in [5.74, 6) is 1.18. The molecule has 0 saturated carbocycles. The number of thioether (sulfide) groups is 1. The highest BCUT2D eigenvalue weighted by molar-refractivity contribution is 8.00. The number of nitrogens with one attached hydrogen (secondary N) is 1. The number of amides is 2. The van der Waals surface area contributed by atoms with E-state index in [4.69, 9.17) is 4.74 Å². The first-order valence-electron chi connectivity index (χ1n) is 9.13. The van der Waals surface area contributed by atoms with Crippen LogP contribution in [0.25, 0.3) is 0 Å². The van der Waals surface area contributed by atoms with Gasteiger partial charge >= 0.3 is 0 Å². The maximum absolute atomic E-state index is 12.3. The van der Waals surface area contributed by atoms with Crippen molar-refractivity contribution < 1.29 is 14.3 Å². The zero-order valence-electron chi connectivity index (χ0n) is 15.7. The Hall–Kier alpha value is -2.47. The predicted molar refractivity (Wildman–Crippen MR) is 110 cm³/mol. The van der Waals surface area contributed by atoms with E-state index >= 15 is 0 Å². The van der Waals surface area contributed by atoms with Crippen molar-refractivity contribution in [3.63, 3.8) is 0 Å². The molecule has 27 heavy (non-hydrogen) atoms. The first-order valence-corrected chi connectivity index (χ1v) is 10.1. The molecule has 0 fully saturated rings. The van der Waals surface area contributed by atoms with Gasteiger partial charge in [-0.3, -0.25) is 9.59 Å². The van der Waals surface area contributed by atoms with Gasteiger partial charge < -0.3 is 15.0 Å². The number of hydrogen-bond acceptors (Lipinski definition) is 4. The second-order valence-corrected chi connectivity index (χ2v) is 7.41. The van der Waals surface area contributed by atoms with Crippen LogP contribution < -0.4 is 15.0 Å². The predicted octanol–water partition coefficient (Wildman–Crippen LogP) is 4.12. The largest absolute Gasteiger partial charge is 0.494 e. The first kappa shape index (κ1) is 19.3. The second kappa shape index (κ2) is 8.95. The maximum atomic E-state index is 12.3. The summed E-state index contributed by atoms with van der Waals surface area (Å²) in [4.78, 5) is 26.8. The Morgan fingerprint density at radius 2 is 1.96 bits per heavy atom. The van der Waals surface area contributed by atoms with E-state index in [2.05, 4.69) is 5.32 Å². The van der Waals surface area contributed by atoms with Crippen molar-refractivity contribution in [2.75, 3.05) is 29.1 Å². The van der Waals surface area contributed by atoms with Crippen LogP contribution in [0.2, 0.25) is 0 Å². The zero-order valence-corrected chi connectivity index (χ0v) is 16.5. The molecule has 5 nitrogen and oxygen atoms in total. The molecule has 2 amide bonds. The highest BCUT2D eigenvalue weighted by Crippen LogP contribution is 2.30. The Morgan fingerprint density at radius 3 is 2.67 bits per heavy atom. The van der Waals surface area contributed by atoms with Crippen LogP contribution in [0.15, 0.2) is 47.4 Å². The van der Waals surface area contributed by atoms with Crippen LogP contribution in [0.4, 0.5) is 11.4 Å². The average molecular weight is 385 g/mol. The number of aryl methyl sites for hydroxylation is 1. The van der Waals surface area contributed by atoms with E-state index in [-0.39, 0.29) is 11.8 Å². The fraction of sp³-hybridized carbons (Fsp3) is 0.333. The first-order chi connectivity index (χ1) is 13.1. The lowest BCUT2D eigenvalue weighted by Crippen LogP contribution is -2.33. The molecule has 2 aromatic carbocycles. The number of nitrogens with zero attached hydrogens (tertiary/aromatic N) is 1. The lowest BCUT2D eigenvalue weighted by molar-refractivity contribution is -0.116. The SMILES string of the molecule is CCOc1ccc(SCC(=O)Nc2ccc3c(c2)CCCN3C(C)=O)cc1. The van der Waals surface area contributed by atoms with E-state index in [0.717, 1.165) is 47.0 Å². The molecule has 0 saturated heterocycles. The summed E-state index contributed by atoms with van der Waals surface area (Å²) in [6, 6.07) is 13.5. The van der Waals surface area contributed by atoms with Gasteiger partial charge in [-0.2, -0.15) is 0 Å². The van der Waals surface area contributed by atoms with E-state index in [0.29, 0.717) is 12.4 Å². The molecule has 3 rings (SSSR count). The number of anilines is 2. The third kappa shape index (κ3) is 5.04. The summed E-state index contributed by atoms with van der Waals surface area (Å²) < 4.78 is 5.42. The van der Waals surface area contributed by atoms with Crippen molar-refractivity contribution in [3.05, 3.63) is 48.0 Å². The van der Waals surface area contributed by atoms with Gasteiger partial charge in [0.1, 0.15) is 5.75 Å². The van der Waals surface area contributed by atoms with Crippen LogP contribution in [0.5, 0.6) is 5.75 Å². The number of rotatable bonds is 6. The quantitative estimate of drug-likeness (QED) is 0.762. The number of carbonyl (C=O) groups is 2. The Kier molecular flexibility index (Phi) is 6.40. The minimum absolute atomic E-state index is 0.0481. The van der Waals surface area contributed by atoms with Gasteiger partial charge in [0.2, 0.25) is 11.8 Å². The van der Waals surface area contributed by atoms with Crippen LogP contribution in [0, 0.1) is 0 Å². The molecule has 0 bridgehead atoms. The molecule has 1 N–H and O–H groups in total. The van der Waals surface area contributed by atoms with Crippen molar-refractivity contribution in [1.29, 1.82) is 0 Å². The van der Waals surface area contributed by atoms with Crippen LogP contribution >= 0.6 is 11.8 Å². The fourth-order valence-corrected chi connectivity index (χ4v) is 3.85. The molecule has 0 atom stereocenters. The molecule has 0 aromatic heterocycles. The average Bonchev–Trinajstić information content (AvgIpc) is 2.67. The van der Waals surface area contributed by atoms with Gasteiger partial charge in [0.25, 0.3) is 0 Å². The van der Waals surface area contributed by atoms with Crippen molar-refractivity contribution in [3.8, 4) is 5.75 Å². The zero-order chi connectivity index (χ0) is 19.2. The summed E-state index contributed by atoms with van der Waals surface area (Å²) in [6.07, 6.45) is 1.86. The fourth-order valence-electron chi connectivity index (χ4n) is 3.15. The minimum atomic E-state index is -0.0481. The normalized spacial score (nSPS) is 13.0. The maximum Gasteiger partial charge on any atom is 0.234 e. The van der Waals surface area contributed by atoms with E-state index < -0.39 is 0 Å².